The molecular weight excluding hydrogens is 458 g/mol. The van der Waals surface area contributed by atoms with Crippen LogP contribution < -0.4 is 11.1 Å². The molecule has 0 saturated carbocycles. The van der Waals surface area contributed by atoms with Gasteiger partial charge in [0.2, 0.25) is 0 Å². The molecule has 1 unspecified atom stereocenters. The lowest BCUT2D eigenvalue weighted by atomic mass is 9.90. The summed E-state index contributed by atoms with van der Waals surface area (Å²) in [6, 6.07) is 8.25. The van der Waals surface area contributed by atoms with Gasteiger partial charge in [0.25, 0.3) is 0 Å². The van der Waals surface area contributed by atoms with Crippen LogP contribution in [0.1, 0.15) is 35.6 Å². The molecule has 0 bridgehead atoms. The molecule has 1 atom stereocenters. The van der Waals surface area contributed by atoms with Gasteiger partial charge in [-0.3, -0.25) is 0 Å². The van der Waals surface area contributed by atoms with Crippen LogP contribution in [0.5, 0.6) is 0 Å². The summed E-state index contributed by atoms with van der Waals surface area (Å²) in [6.07, 6.45) is -9.40. The van der Waals surface area contributed by atoms with Crippen molar-refractivity contribution >= 4 is 12.4 Å². The van der Waals surface area contributed by atoms with E-state index in [4.69, 9.17) is 10.5 Å². The minimum absolute atomic E-state index is 0. The summed E-state index contributed by atoms with van der Waals surface area (Å²) in [4.78, 5) is 0. The number of nitrogens with one attached hydrogen (secondary N) is 1. The SMILES string of the molecule is Cl.NCC(OCC1CCNCC1)c1cc(C(F)(F)F)c(-c2ccccc2)c(C(F)(F)F)c1. The van der Waals surface area contributed by atoms with Crippen LogP contribution in [-0.2, 0) is 17.1 Å². The van der Waals surface area contributed by atoms with Gasteiger partial charge in [0, 0.05) is 12.1 Å². The minimum Gasteiger partial charge on any atom is -0.372 e. The maximum atomic E-state index is 13.9. The monoisotopic (exact) mass is 482 g/mol. The fourth-order valence-electron chi connectivity index (χ4n) is 3.81. The van der Waals surface area contributed by atoms with E-state index in [1.54, 1.807) is 0 Å². The van der Waals surface area contributed by atoms with E-state index in [1.807, 2.05) is 0 Å². The first kappa shape index (κ1) is 26.4. The van der Waals surface area contributed by atoms with Crippen molar-refractivity contribution in [2.24, 2.45) is 11.7 Å². The molecule has 3 nitrogen and oxygen atoms in total. The number of halogens is 7. The number of rotatable bonds is 6. The number of nitrogens with two attached hydrogens (primary N) is 1. The molecule has 1 saturated heterocycles. The van der Waals surface area contributed by atoms with Crippen LogP contribution in [0, 0.1) is 5.92 Å². The highest BCUT2D eigenvalue weighted by Crippen LogP contribution is 2.46. The van der Waals surface area contributed by atoms with E-state index >= 15 is 0 Å². The molecule has 32 heavy (non-hydrogen) atoms. The Labute approximate surface area is 188 Å². The predicted octanol–water partition coefficient (Wildman–Crippen LogP) is 5.83. The summed E-state index contributed by atoms with van der Waals surface area (Å²) in [5, 5.41) is 3.19. The normalized spacial score (nSPS) is 16.5. The first-order valence-electron chi connectivity index (χ1n) is 10.0. The summed E-state index contributed by atoms with van der Waals surface area (Å²) < 4.78 is 89.0. The first-order chi connectivity index (χ1) is 14.6. The number of piperidine rings is 1. The van der Waals surface area contributed by atoms with Gasteiger partial charge in [-0.2, -0.15) is 26.3 Å². The Kier molecular flexibility index (Phi) is 8.98. The van der Waals surface area contributed by atoms with Crippen molar-refractivity contribution < 1.29 is 31.1 Å². The second kappa shape index (κ2) is 10.9. The van der Waals surface area contributed by atoms with E-state index in [1.165, 1.54) is 30.3 Å². The van der Waals surface area contributed by atoms with E-state index in [9.17, 15) is 26.3 Å². The number of benzene rings is 2. The Balaban J connectivity index is 0.00000363. The van der Waals surface area contributed by atoms with Crippen LogP contribution in [0.4, 0.5) is 26.3 Å². The number of ether oxygens (including phenoxy) is 1. The van der Waals surface area contributed by atoms with Gasteiger partial charge in [-0.1, -0.05) is 30.3 Å². The second-order valence-electron chi connectivity index (χ2n) is 7.60. The van der Waals surface area contributed by atoms with Crippen molar-refractivity contribution in [2.75, 3.05) is 26.2 Å². The van der Waals surface area contributed by atoms with E-state index < -0.39 is 35.1 Å². The van der Waals surface area contributed by atoms with Crippen LogP contribution in [0.25, 0.3) is 11.1 Å². The number of alkyl halides is 6. The van der Waals surface area contributed by atoms with Crippen LogP contribution in [-0.4, -0.2) is 26.2 Å². The van der Waals surface area contributed by atoms with Gasteiger partial charge >= 0.3 is 12.4 Å². The Bertz CT molecular complexity index is 832. The molecule has 10 heteroatoms. The summed E-state index contributed by atoms with van der Waals surface area (Å²) in [7, 11) is 0. The molecule has 0 amide bonds. The van der Waals surface area contributed by atoms with Crippen molar-refractivity contribution in [1.29, 1.82) is 0 Å². The Morgan fingerprint density at radius 3 is 1.94 bits per heavy atom. The fraction of sp³-hybridized carbons (Fsp3) is 0.455. The van der Waals surface area contributed by atoms with Crippen molar-refractivity contribution in [3.8, 4) is 11.1 Å². The molecule has 0 aliphatic carbocycles. The molecule has 178 valence electrons. The molecule has 0 aromatic heterocycles. The highest BCUT2D eigenvalue weighted by molar-refractivity contribution is 5.85. The Hall–Kier alpha value is -1.81. The van der Waals surface area contributed by atoms with Gasteiger partial charge in [-0.15, -0.1) is 12.4 Å². The van der Waals surface area contributed by atoms with E-state index in [0.717, 1.165) is 38.1 Å². The van der Waals surface area contributed by atoms with Gasteiger partial charge in [0.1, 0.15) is 0 Å². The van der Waals surface area contributed by atoms with Crippen LogP contribution in [0.15, 0.2) is 42.5 Å². The fourth-order valence-corrected chi connectivity index (χ4v) is 3.81. The van der Waals surface area contributed by atoms with Crippen LogP contribution in [0.2, 0.25) is 0 Å². The average Bonchev–Trinajstić information content (AvgIpc) is 2.73. The van der Waals surface area contributed by atoms with Gasteiger partial charge < -0.3 is 15.8 Å². The maximum Gasteiger partial charge on any atom is 0.417 e. The van der Waals surface area contributed by atoms with Crippen LogP contribution in [0.3, 0.4) is 0 Å². The molecular formula is C22H25ClF6N2O. The van der Waals surface area contributed by atoms with Gasteiger partial charge in [-0.25, -0.2) is 0 Å². The zero-order valence-electron chi connectivity index (χ0n) is 17.1. The van der Waals surface area contributed by atoms with E-state index in [2.05, 4.69) is 5.32 Å². The third kappa shape index (κ3) is 6.37. The highest BCUT2D eigenvalue weighted by atomic mass is 35.5. The largest absolute Gasteiger partial charge is 0.417 e. The Morgan fingerprint density at radius 2 is 1.47 bits per heavy atom. The zero-order chi connectivity index (χ0) is 22.6. The molecule has 1 aliphatic rings. The molecule has 3 rings (SSSR count). The standard InChI is InChI=1S/C22H24F6N2O.ClH/c23-21(24,25)17-10-16(19(12-29)31-13-14-6-8-30-9-7-14)11-18(22(26,27)28)20(17)15-4-2-1-3-5-15;/h1-5,10-11,14,19,30H,6-9,12-13,29H2;1H. The average molecular weight is 483 g/mol. The lowest BCUT2D eigenvalue weighted by molar-refractivity contribution is -0.142. The summed E-state index contributed by atoms with van der Waals surface area (Å²) in [6.45, 7) is 1.59. The molecule has 2 aromatic carbocycles. The predicted molar refractivity (Wildman–Crippen MR) is 112 cm³/mol. The maximum absolute atomic E-state index is 13.9. The van der Waals surface area contributed by atoms with Crippen molar-refractivity contribution in [3.05, 3.63) is 59.2 Å². The van der Waals surface area contributed by atoms with Crippen LogP contribution >= 0.6 is 12.4 Å². The van der Waals surface area contributed by atoms with Crippen molar-refractivity contribution in [1.82, 2.24) is 5.32 Å². The summed E-state index contributed by atoms with van der Waals surface area (Å²) >= 11 is 0. The third-order valence-corrected chi connectivity index (χ3v) is 5.41. The summed E-state index contributed by atoms with van der Waals surface area (Å²) in [5.41, 5.74) is 1.70. The zero-order valence-corrected chi connectivity index (χ0v) is 17.9. The Morgan fingerprint density at radius 1 is 0.938 bits per heavy atom. The molecule has 3 N–H and O–H groups in total. The van der Waals surface area contributed by atoms with E-state index in [0.29, 0.717) is 0 Å². The van der Waals surface area contributed by atoms with Crippen molar-refractivity contribution in [2.45, 2.75) is 31.3 Å². The summed E-state index contributed by atoms with van der Waals surface area (Å²) in [5.74, 6) is 0.183. The molecule has 2 aromatic rings. The number of hydrogen-bond donors (Lipinski definition) is 2. The number of hydrogen-bond acceptors (Lipinski definition) is 3. The third-order valence-electron chi connectivity index (χ3n) is 5.41. The quantitative estimate of drug-likeness (QED) is 0.509. The highest BCUT2D eigenvalue weighted by Gasteiger charge is 2.42. The molecule has 0 radical (unpaired) electrons. The minimum atomic E-state index is -4.99. The van der Waals surface area contributed by atoms with Gasteiger partial charge in [-0.05, 0) is 55.1 Å². The second-order valence-corrected chi connectivity index (χ2v) is 7.60. The van der Waals surface area contributed by atoms with Gasteiger partial charge in [0.15, 0.2) is 0 Å². The lowest BCUT2D eigenvalue weighted by Crippen LogP contribution is -2.31. The van der Waals surface area contributed by atoms with E-state index in [-0.39, 0.29) is 42.6 Å². The van der Waals surface area contributed by atoms with Crippen molar-refractivity contribution in [3.63, 3.8) is 0 Å². The lowest BCUT2D eigenvalue weighted by Gasteiger charge is -2.27. The van der Waals surface area contributed by atoms with Gasteiger partial charge in [0.05, 0.1) is 23.8 Å². The molecule has 1 fully saturated rings. The molecule has 1 aliphatic heterocycles. The topological polar surface area (TPSA) is 47.3 Å². The molecule has 1 heterocycles. The molecule has 0 spiro atoms. The smallest absolute Gasteiger partial charge is 0.372 e. The first-order valence-corrected chi connectivity index (χ1v) is 10.0.